The SMILES string of the molecule is Cl.Cl.Cl.Cl.Cl.Cl.[KH].[KH]. The normalized spacial score (nSPS) is 0. The summed E-state index contributed by atoms with van der Waals surface area (Å²) >= 11 is 0. The fraction of sp³-hybridized carbons (Fsp3) is 0. The summed E-state index contributed by atoms with van der Waals surface area (Å²) in [7, 11) is 0. The molecule has 8 heteroatoms. The van der Waals surface area contributed by atoms with Gasteiger partial charge in [0, 0.05) is 0 Å². The van der Waals surface area contributed by atoms with Crippen molar-refractivity contribution in [2.24, 2.45) is 0 Å². The van der Waals surface area contributed by atoms with Crippen LogP contribution in [0, 0.1) is 0 Å². The summed E-state index contributed by atoms with van der Waals surface area (Å²) in [6.45, 7) is 0. The van der Waals surface area contributed by atoms with Crippen LogP contribution in [-0.4, -0.2) is 103 Å². The molecule has 0 aromatic heterocycles. The Morgan fingerprint density at radius 2 is 0.250 bits per heavy atom. The van der Waals surface area contributed by atoms with Crippen molar-refractivity contribution in [3.05, 3.63) is 0 Å². The molecule has 0 rings (SSSR count). The first-order chi connectivity index (χ1) is 0. The maximum atomic E-state index is 0. The summed E-state index contributed by atoms with van der Waals surface area (Å²) in [5.41, 5.74) is 0. The van der Waals surface area contributed by atoms with Crippen LogP contribution < -0.4 is 0 Å². The van der Waals surface area contributed by atoms with Crippen LogP contribution >= 0.6 is 74.4 Å². The Labute approximate surface area is 172 Å². The van der Waals surface area contributed by atoms with Crippen molar-refractivity contribution in [2.45, 2.75) is 0 Å². The van der Waals surface area contributed by atoms with Gasteiger partial charge in [-0.15, -0.1) is 74.4 Å². The van der Waals surface area contributed by atoms with Crippen LogP contribution in [0.15, 0.2) is 0 Å². The monoisotopic (exact) mass is 296 g/mol. The molecule has 0 heterocycles. The van der Waals surface area contributed by atoms with Gasteiger partial charge in [-0.05, 0) is 0 Å². The van der Waals surface area contributed by atoms with Crippen LogP contribution in [0.3, 0.4) is 0 Å². The first kappa shape index (κ1) is 74.7. The fourth-order valence-electron chi connectivity index (χ4n) is 0. The molecule has 0 amide bonds. The van der Waals surface area contributed by atoms with Crippen LogP contribution in [0.4, 0.5) is 0 Å². The van der Waals surface area contributed by atoms with Gasteiger partial charge in [-0.25, -0.2) is 0 Å². The molecule has 8 heavy (non-hydrogen) atoms. The molecular formula is H8Cl6K2. The zero-order valence-corrected chi connectivity index (χ0v) is 7.35. The average molecular weight is 299 g/mol. The molecule has 0 aromatic carbocycles. The third kappa shape index (κ3) is 43.9. The van der Waals surface area contributed by atoms with E-state index in [0.29, 0.717) is 0 Å². The van der Waals surface area contributed by atoms with Crippen molar-refractivity contribution >= 4 is 177 Å². The first-order valence-corrected chi connectivity index (χ1v) is 0. The third-order valence-corrected chi connectivity index (χ3v) is 0. The van der Waals surface area contributed by atoms with E-state index in [0.717, 1.165) is 0 Å². The summed E-state index contributed by atoms with van der Waals surface area (Å²) in [4.78, 5) is 0. The van der Waals surface area contributed by atoms with Gasteiger partial charge in [-0.3, -0.25) is 0 Å². The molecule has 0 saturated heterocycles. The van der Waals surface area contributed by atoms with Gasteiger partial charge in [-0.1, -0.05) is 0 Å². The van der Waals surface area contributed by atoms with Gasteiger partial charge in [0.25, 0.3) is 0 Å². The Hall–Kier alpha value is 5.01. The van der Waals surface area contributed by atoms with E-state index in [2.05, 4.69) is 0 Å². The van der Waals surface area contributed by atoms with E-state index < -0.39 is 0 Å². The second-order valence-electron chi connectivity index (χ2n) is 0. The Kier molecular flexibility index (Phi) is 542. The molecule has 0 bridgehead atoms. The van der Waals surface area contributed by atoms with Crippen LogP contribution in [-0.2, 0) is 0 Å². The average Bonchev–Trinajstić information content (AvgIpc) is 0. The standard InChI is InChI=1S/6ClH.2K.2H/h6*1H;;;;. The minimum absolute atomic E-state index is 0. The number of hydrogen-bond acceptors (Lipinski definition) is 0. The molecule has 0 atom stereocenters. The van der Waals surface area contributed by atoms with E-state index in [1.54, 1.807) is 0 Å². The molecule has 0 N–H and O–H groups in total. The quantitative estimate of drug-likeness (QED) is 0.590. The van der Waals surface area contributed by atoms with Crippen LogP contribution in [0.5, 0.6) is 0 Å². The first-order valence-electron chi connectivity index (χ1n) is 0. The Morgan fingerprint density at radius 3 is 0.250 bits per heavy atom. The van der Waals surface area contributed by atoms with Gasteiger partial charge in [0.1, 0.15) is 0 Å². The van der Waals surface area contributed by atoms with Crippen molar-refractivity contribution in [3.8, 4) is 0 Å². The molecule has 52 valence electrons. The van der Waals surface area contributed by atoms with Crippen LogP contribution in [0.1, 0.15) is 0 Å². The van der Waals surface area contributed by atoms with Crippen molar-refractivity contribution in [1.29, 1.82) is 0 Å². The molecule has 0 spiro atoms. The molecule has 0 nitrogen and oxygen atoms in total. The predicted molar refractivity (Wildman–Crippen MR) is 57.8 cm³/mol. The number of hydrogen-bond donors (Lipinski definition) is 0. The van der Waals surface area contributed by atoms with Gasteiger partial charge in [-0.2, -0.15) is 0 Å². The molecule has 0 saturated carbocycles. The predicted octanol–water partition coefficient (Wildman–Crippen LogP) is 1.23. The molecule has 0 radical (unpaired) electrons. The Balaban J connectivity index is 0. The molecule has 0 aliphatic rings. The summed E-state index contributed by atoms with van der Waals surface area (Å²) in [5.74, 6) is 0. The molecule has 0 aliphatic heterocycles. The van der Waals surface area contributed by atoms with Crippen LogP contribution in [0.25, 0.3) is 0 Å². The topological polar surface area (TPSA) is 0 Å². The second-order valence-corrected chi connectivity index (χ2v) is 0. The summed E-state index contributed by atoms with van der Waals surface area (Å²) in [6.07, 6.45) is 0. The van der Waals surface area contributed by atoms with Crippen LogP contribution in [0.2, 0.25) is 0 Å². The maximum absolute atomic E-state index is 0. The number of rotatable bonds is 0. The van der Waals surface area contributed by atoms with Gasteiger partial charge in [0.05, 0.1) is 0 Å². The van der Waals surface area contributed by atoms with Crippen molar-refractivity contribution < 1.29 is 0 Å². The van der Waals surface area contributed by atoms with Gasteiger partial charge < -0.3 is 0 Å². The minimum atomic E-state index is 0. The van der Waals surface area contributed by atoms with E-state index in [9.17, 15) is 0 Å². The van der Waals surface area contributed by atoms with E-state index in [1.807, 2.05) is 0 Å². The van der Waals surface area contributed by atoms with E-state index >= 15 is 0 Å². The van der Waals surface area contributed by atoms with Crippen molar-refractivity contribution in [2.75, 3.05) is 0 Å². The summed E-state index contributed by atoms with van der Waals surface area (Å²) < 4.78 is 0. The van der Waals surface area contributed by atoms with Crippen molar-refractivity contribution in [3.63, 3.8) is 0 Å². The zero-order chi connectivity index (χ0) is 0. The zero-order valence-electron chi connectivity index (χ0n) is 2.45. The third-order valence-electron chi connectivity index (χ3n) is 0. The molecule has 0 fully saturated rings. The van der Waals surface area contributed by atoms with E-state index in [4.69, 9.17) is 0 Å². The van der Waals surface area contributed by atoms with Gasteiger partial charge >= 0.3 is 103 Å². The molecule has 0 aromatic rings. The van der Waals surface area contributed by atoms with Gasteiger partial charge in [0.2, 0.25) is 0 Å². The Morgan fingerprint density at radius 1 is 0.250 bits per heavy atom. The van der Waals surface area contributed by atoms with Crippen molar-refractivity contribution in [1.82, 2.24) is 0 Å². The molecular weight excluding hydrogens is 291 g/mol. The van der Waals surface area contributed by atoms with Gasteiger partial charge in [0.15, 0.2) is 0 Å². The van der Waals surface area contributed by atoms with E-state index in [-0.39, 0.29) is 177 Å². The fourth-order valence-corrected chi connectivity index (χ4v) is 0. The summed E-state index contributed by atoms with van der Waals surface area (Å²) in [5, 5.41) is 0. The second kappa shape index (κ2) is 58.0. The molecule has 0 aliphatic carbocycles. The molecule has 0 unspecified atom stereocenters. The van der Waals surface area contributed by atoms with E-state index in [1.165, 1.54) is 0 Å². The summed E-state index contributed by atoms with van der Waals surface area (Å²) in [6, 6.07) is 0. The Bertz CT molecular complexity index is 6.49. The number of halogens is 6.